The fourth-order valence-electron chi connectivity index (χ4n) is 2.29. The monoisotopic (exact) mass is 413 g/mol. The molecule has 0 aliphatic rings. The summed E-state index contributed by atoms with van der Waals surface area (Å²) in [7, 11) is 0. The smallest absolute Gasteiger partial charge is 0.358 e. The van der Waals surface area contributed by atoms with Crippen LogP contribution in [0.1, 0.15) is 16.1 Å². The van der Waals surface area contributed by atoms with E-state index in [0.717, 1.165) is 11.1 Å². The highest BCUT2D eigenvalue weighted by molar-refractivity contribution is 9.10. The third kappa shape index (κ3) is 4.18. The predicted molar refractivity (Wildman–Crippen MR) is 102 cm³/mol. The van der Waals surface area contributed by atoms with Crippen LogP contribution >= 0.6 is 15.9 Å². The van der Waals surface area contributed by atoms with E-state index in [-0.39, 0.29) is 5.69 Å². The number of H-pyrrole nitrogens is 1. The van der Waals surface area contributed by atoms with Crippen LogP contribution in [0.3, 0.4) is 0 Å². The van der Waals surface area contributed by atoms with Crippen molar-refractivity contribution in [2.45, 2.75) is 6.92 Å². The number of nitrogens with zero attached hydrogens (tertiary/aromatic N) is 1. The van der Waals surface area contributed by atoms with Crippen LogP contribution in [-0.4, -0.2) is 28.7 Å². The SMILES string of the molecule is Cc1ccc(NC(=O)COC(=O)c2[nH]nc(-c3ccccc3)c2Br)cc1. The molecule has 2 aromatic carbocycles. The molecule has 1 aromatic heterocycles. The molecule has 0 aliphatic carbocycles. The molecule has 0 spiro atoms. The van der Waals surface area contributed by atoms with E-state index in [4.69, 9.17) is 4.74 Å². The number of carbonyl (C=O) groups excluding carboxylic acids is 2. The third-order valence-corrected chi connectivity index (χ3v) is 4.40. The fourth-order valence-corrected chi connectivity index (χ4v) is 2.86. The average molecular weight is 414 g/mol. The van der Waals surface area contributed by atoms with Crippen LogP contribution in [0.2, 0.25) is 0 Å². The molecule has 0 saturated carbocycles. The van der Waals surface area contributed by atoms with Gasteiger partial charge in [-0.3, -0.25) is 9.89 Å². The molecule has 2 N–H and O–H groups in total. The Morgan fingerprint density at radius 3 is 2.50 bits per heavy atom. The van der Waals surface area contributed by atoms with Crippen molar-refractivity contribution in [3.63, 3.8) is 0 Å². The summed E-state index contributed by atoms with van der Waals surface area (Å²) in [6, 6.07) is 16.7. The zero-order valence-corrected chi connectivity index (χ0v) is 15.5. The molecule has 3 rings (SSSR count). The van der Waals surface area contributed by atoms with Crippen molar-refractivity contribution < 1.29 is 14.3 Å². The lowest BCUT2D eigenvalue weighted by molar-refractivity contribution is -0.119. The molecular formula is C19H16BrN3O3. The molecule has 132 valence electrons. The minimum absolute atomic E-state index is 0.159. The Bertz CT molecular complexity index is 921. The van der Waals surface area contributed by atoms with E-state index in [1.165, 1.54) is 0 Å². The number of rotatable bonds is 5. The number of amides is 1. The van der Waals surface area contributed by atoms with E-state index in [1.54, 1.807) is 12.1 Å². The van der Waals surface area contributed by atoms with Gasteiger partial charge in [-0.05, 0) is 35.0 Å². The van der Waals surface area contributed by atoms with Gasteiger partial charge in [0.1, 0.15) is 5.69 Å². The largest absolute Gasteiger partial charge is 0.451 e. The summed E-state index contributed by atoms with van der Waals surface area (Å²) < 4.78 is 5.56. The van der Waals surface area contributed by atoms with Crippen LogP contribution in [0.5, 0.6) is 0 Å². The summed E-state index contributed by atoms with van der Waals surface area (Å²) in [6.45, 7) is 1.57. The van der Waals surface area contributed by atoms with Gasteiger partial charge in [0.25, 0.3) is 5.91 Å². The van der Waals surface area contributed by atoms with Crippen molar-refractivity contribution in [2.24, 2.45) is 0 Å². The number of aromatic amines is 1. The molecule has 26 heavy (non-hydrogen) atoms. The van der Waals surface area contributed by atoms with E-state index < -0.39 is 18.5 Å². The predicted octanol–water partition coefficient (Wildman–Crippen LogP) is 3.94. The molecule has 0 atom stereocenters. The van der Waals surface area contributed by atoms with Crippen molar-refractivity contribution in [1.29, 1.82) is 0 Å². The van der Waals surface area contributed by atoms with Crippen LogP contribution < -0.4 is 5.32 Å². The summed E-state index contributed by atoms with van der Waals surface area (Å²) >= 11 is 3.36. The van der Waals surface area contributed by atoms with Gasteiger partial charge in [-0.15, -0.1) is 0 Å². The first-order chi connectivity index (χ1) is 12.5. The van der Waals surface area contributed by atoms with E-state index in [1.807, 2.05) is 49.4 Å². The Morgan fingerprint density at radius 2 is 1.81 bits per heavy atom. The molecule has 0 radical (unpaired) electrons. The third-order valence-electron chi connectivity index (χ3n) is 3.63. The van der Waals surface area contributed by atoms with Crippen molar-refractivity contribution in [2.75, 3.05) is 11.9 Å². The van der Waals surface area contributed by atoms with Crippen LogP contribution in [0.4, 0.5) is 5.69 Å². The number of ether oxygens (including phenoxy) is 1. The van der Waals surface area contributed by atoms with E-state index >= 15 is 0 Å². The maximum Gasteiger partial charge on any atom is 0.358 e. The highest BCUT2D eigenvalue weighted by Crippen LogP contribution is 2.28. The van der Waals surface area contributed by atoms with Gasteiger partial charge >= 0.3 is 5.97 Å². The first kappa shape index (κ1) is 17.9. The number of carbonyl (C=O) groups is 2. The minimum Gasteiger partial charge on any atom is -0.451 e. The second-order valence-corrected chi connectivity index (χ2v) is 6.41. The summed E-state index contributed by atoms with van der Waals surface area (Å²) in [4.78, 5) is 24.1. The van der Waals surface area contributed by atoms with E-state index in [9.17, 15) is 9.59 Å². The molecule has 0 bridgehead atoms. The van der Waals surface area contributed by atoms with Crippen molar-refractivity contribution >= 4 is 33.5 Å². The van der Waals surface area contributed by atoms with Crippen LogP contribution in [0.25, 0.3) is 11.3 Å². The maximum absolute atomic E-state index is 12.2. The maximum atomic E-state index is 12.2. The highest BCUT2D eigenvalue weighted by atomic mass is 79.9. The number of aromatic nitrogens is 2. The van der Waals surface area contributed by atoms with Gasteiger partial charge in [0, 0.05) is 11.3 Å². The highest BCUT2D eigenvalue weighted by Gasteiger charge is 2.20. The van der Waals surface area contributed by atoms with E-state index in [0.29, 0.717) is 15.9 Å². The molecule has 1 amide bonds. The van der Waals surface area contributed by atoms with Crippen LogP contribution in [0, 0.1) is 6.92 Å². The standard InChI is InChI=1S/C19H16BrN3O3/c1-12-7-9-14(10-8-12)21-15(24)11-26-19(25)18-16(20)17(22-23-18)13-5-3-2-4-6-13/h2-10H,11H2,1H3,(H,21,24)(H,22,23). The van der Waals surface area contributed by atoms with E-state index in [2.05, 4.69) is 31.4 Å². The Balaban J connectivity index is 1.61. The molecular weight excluding hydrogens is 398 g/mol. The summed E-state index contributed by atoms with van der Waals surface area (Å²) in [5, 5.41) is 9.45. The lowest BCUT2D eigenvalue weighted by Crippen LogP contribution is -2.21. The Hall–Kier alpha value is -2.93. The zero-order valence-electron chi connectivity index (χ0n) is 14.0. The summed E-state index contributed by atoms with van der Waals surface area (Å²) in [5.41, 5.74) is 3.35. The number of hydrogen-bond donors (Lipinski definition) is 2. The average Bonchev–Trinajstić information content (AvgIpc) is 3.04. The van der Waals surface area contributed by atoms with Crippen molar-refractivity contribution in [3.8, 4) is 11.3 Å². The number of anilines is 1. The summed E-state index contributed by atoms with van der Waals surface area (Å²) in [6.07, 6.45) is 0. The molecule has 1 heterocycles. The van der Waals surface area contributed by atoms with Crippen LogP contribution in [0.15, 0.2) is 59.1 Å². The first-order valence-electron chi connectivity index (χ1n) is 7.87. The van der Waals surface area contributed by atoms with Gasteiger partial charge in [0.15, 0.2) is 12.3 Å². The van der Waals surface area contributed by atoms with Gasteiger partial charge in [-0.2, -0.15) is 5.10 Å². The molecule has 0 unspecified atom stereocenters. The van der Waals surface area contributed by atoms with Gasteiger partial charge in [0.2, 0.25) is 0 Å². The van der Waals surface area contributed by atoms with Crippen molar-refractivity contribution in [3.05, 3.63) is 70.3 Å². The lowest BCUT2D eigenvalue weighted by Gasteiger charge is -2.06. The minimum atomic E-state index is -0.661. The molecule has 0 aliphatic heterocycles. The zero-order chi connectivity index (χ0) is 18.5. The Kier molecular flexibility index (Phi) is 5.48. The number of halogens is 1. The molecule has 0 fully saturated rings. The Morgan fingerprint density at radius 1 is 1.12 bits per heavy atom. The molecule has 7 heteroatoms. The number of nitrogens with one attached hydrogen (secondary N) is 2. The number of aryl methyl sites for hydroxylation is 1. The molecule has 6 nitrogen and oxygen atoms in total. The Labute approximate surface area is 158 Å². The second kappa shape index (κ2) is 7.97. The number of hydrogen-bond acceptors (Lipinski definition) is 4. The molecule has 3 aromatic rings. The van der Waals surface area contributed by atoms with Gasteiger partial charge < -0.3 is 10.1 Å². The molecule has 0 saturated heterocycles. The second-order valence-electron chi connectivity index (χ2n) is 5.62. The number of benzene rings is 2. The normalized spacial score (nSPS) is 10.4. The van der Waals surface area contributed by atoms with Crippen LogP contribution in [-0.2, 0) is 9.53 Å². The van der Waals surface area contributed by atoms with Gasteiger partial charge in [-0.25, -0.2) is 4.79 Å². The summed E-state index contributed by atoms with van der Waals surface area (Å²) in [5.74, 6) is -1.08. The number of esters is 1. The van der Waals surface area contributed by atoms with Crippen molar-refractivity contribution in [1.82, 2.24) is 10.2 Å². The quantitative estimate of drug-likeness (QED) is 0.620. The topological polar surface area (TPSA) is 84.1 Å². The van der Waals surface area contributed by atoms with Gasteiger partial charge in [-0.1, -0.05) is 48.0 Å². The lowest BCUT2D eigenvalue weighted by atomic mass is 10.1. The fraction of sp³-hybridized carbons (Fsp3) is 0.105. The van der Waals surface area contributed by atoms with Gasteiger partial charge in [0.05, 0.1) is 4.47 Å². The first-order valence-corrected chi connectivity index (χ1v) is 8.67.